The number of hydrogen-bond donors (Lipinski definition) is 1. The van der Waals surface area contributed by atoms with Crippen LogP contribution in [0.5, 0.6) is 5.75 Å². The SMILES string of the molecule is CNC(=O)[C@H]1CN(C)CCN(C(=O)C2=Cc3ccccc3OC2)C1. The molecule has 0 bridgehead atoms. The summed E-state index contributed by atoms with van der Waals surface area (Å²) in [4.78, 5) is 28.8. The van der Waals surface area contributed by atoms with E-state index in [4.69, 9.17) is 4.74 Å². The van der Waals surface area contributed by atoms with Gasteiger partial charge in [-0.25, -0.2) is 0 Å². The molecule has 0 aliphatic carbocycles. The molecule has 1 atom stereocenters. The highest BCUT2D eigenvalue weighted by Crippen LogP contribution is 2.26. The maximum Gasteiger partial charge on any atom is 0.253 e. The third kappa shape index (κ3) is 3.43. The molecule has 1 aromatic carbocycles. The van der Waals surface area contributed by atoms with Gasteiger partial charge in [-0.15, -0.1) is 0 Å². The Bertz CT molecular complexity index is 671. The number of benzene rings is 1. The fourth-order valence-electron chi connectivity index (χ4n) is 3.17. The summed E-state index contributed by atoms with van der Waals surface area (Å²) in [5.74, 6) is 0.506. The first kappa shape index (κ1) is 16.5. The maximum absolute atomic E-state index is 12.9. The molecule has 128 valence electrons. The van der Waals surface area contributed by atoms with Gasteiger partial charge in [-0.3, -0.25) is 9.59 Å². The van der Waals surface area contributed by atoms with Gasteiger partial charge in [0.25, 0.3) is 5.91 Å². The number of ether oxygens (including phenoxy) is 1. The van der Waals surface area contributed by atoms with E-state index in [2.05, 4.69) is 10.2 Å². The van der Waals surface area contributed by atoms with Crippen LogP contribution in [-0.2, 0) is 9.59 Å². The fraction of sp³-hybridized carbons (Fsp3) is 0.444. The summed E-state index contributed by atoms with van der Waals surface area (Å²) in [6.07, 6.45) is 1.89. The van der Waals surface area contributed by atoms with E-state index in [0.717, 1.165) is 17.9 Å². The predicted octanol–water partition coefficient (Wildman–Crippen LogP) is 0.599. The summed E-state index contributed by atoms with van der Waals surface area (Å²) in [5.41, 5.74) is 1.55. The zero-order valence-corrected chi connectivity index (χ0v) is 14.1. The van der Waals surface area contributed by atoms with Crippen molar-refractivity contribution in [3.05, 3.63) is 35.4 Å². The van der Waals surface area contributed by atoms with Gasteiger partial charge in [0, 0.05) is 38.8 Å². The van der Waals surface area contributed by atoms with E-state index in [-0.39, 0.29) is 24.3 Å². The van der Waals surface area contributed by atoms with Gasteiger partial charge < -0.3 is 19.9 Å². The second-order valence-electron chi connectivity index (χ2n) is 6.32. The monoisotopic (exact) mass is 329 g/mol. The number of carbonyl (C=O) groups is 2. The number of para-hydroxylation sites is 1. The molecule has 0 unspecified atom stereocenters. The molecule has 0 radical (unpaired) electrons. The Labute approximate surface area is 142 Å². The molecular weight excluding hydrogens is 306 g/mol. The number of nitrogens with one attached hydrogen (secondary N) is 1. The lowest BCUT2D eigenvalue weighted by molar-refractivity contribution is -0.130. The molecule has 6 heteroatoms. The average molecular weight is 329 g/mol. The van der Waals surface area contributed by atoms with Crippen molar-refractivity contribution in [2.45, 2.75) is 0 Å². The summed E-state index contributed by atoms with van der Waals surface area (Å²) in [5, 5.41) is 2.69. The van der Waals surface area contributed by atoms with Gasteiger partial charge in [0.2, 0.25) is 5.91 Å². The van der Waals surface area contributed by atoms with Crippen molar-refractivity contribution in [2.24, 2.45) is 5.92 Å². The molecule has 3 rings (SSSR count). The molecule has 1 aromatic rings. The number of carbonyl (C=O) groups excluding carboxylic acids is 2. The molecule has 6 nitrogen and oxygen atoms in total. The van der Waals surface area contributed by atoms with E-state index in [1.807, 2.05) is 37.4 Å². The maximum atomic E-state index is 12.9. The van der Waals surface area contributed by atoms with Gasteiger partial charge in [-0.2, -0.15) is 0 Å². The third-order valence-electron chi connectivity index (χ3n) is 4.54. The Morgan fingerprint density at radius 3 is 2.79 bits per heavy atom. The number of nitrogens with zero attached hydrogens (tertiary/aromatic N) is 2. The Morgan fingerprint density at radius 2 is 2.00 bits per heavy atom. The quantitative estimate of drug-likeness (QED) is 0.863. The number of likely N-dealkylation sites (N-methyl/N-ethyl adjacent to an activating group) is 1. The molecule has 1 fully saturated rings. The zero-order valence-electron chi connectivity index (χ0n) is 14.1. The van der Waals surface area contributed by atoms with Gasteiger partial charge in [0.05, 0.1) is 11.5 Å². The number of amides is 2. The molecule has 0 saturated carbocycles. The van der Waals surface area contributed by atoms with E-state index in [9.17, 15) is 9.59 Å². The third-order valence-corrected chi connectivity index (χ3v) is 4.54. The predicted molar refractivity (Wildman–Crippen MR) is 91.5 cm³/mol. The minimum absolute atomic E-state index is 0.0271. The molecule has 1 N–H and O–H groups in total. The molecule has 0 aromatic heterocycles. The standard InChI is InChI=1S/C18H23N3O3/c1-19-17(22)15-10-20(2)7-8-21(11-15)18(23)14-9-13-5-3-4-6-16(13)24-12-14/h3-6,9,15H,7-8,10-12H2,1-2H3,(H,19,22)/t15-/m0/s1. The number of fused-ring (bicyclic) bond motifs is 1. The van der Waals surface area contributed by atoms with Crippen LogP contribution >= 0.6 is 0 Å². The van der Waals surface area contributed by atoms with Crippen LogP contribution in [0.4, 0.5) is 0 Å². The van der Waals surface area contributed by atoms with Gasteiger partial charge >= 0.3 is 0 Å². The Kier molecular flexibility index (Phi) is 4.85. The van der Waals surface area contributed by atoms with Crippen molar-refractivity contribution < 1.29 is 14.3 Å². The fourth-order valence-corrected chi connectivity index (χ4v) is 3.17. The van der Waals surface area contributed by atoms with Crippen molar-refractivity contribution in [1.29, 1.82) is 0 Å². The molecule has 2 amide bonds. The first-order chi connectivity index (χ1) is 11.6. The smallest absolute Gasteiger partial charge is 0.253 e. The molecule has 0 spiro atoms. The molecule has 2 heterocycles. The normalized spacial score (nSPS) is 21.2. The van der Waals surface area contributed by atoms with E-state index in [1.54, 1.807) is 11.9 Å². The van der Waals surface area contributed by atoms with Crippen molar-refractivity contribution in [1.82, 2.24) is 15.1 Å². The minimum Gasteiger partial charge on any atom is -0.488 e. The van der Waals surface area contributed by atoms with Crippen LogP contribution < -0.4 is 10.1 Å². The summed E-state index contributed by atoms with van der Waals surface area (Å²) >= 11 is 0. The number of hydrogen-bond acceptors (Lipinski definition) is 4. The lowest BCUT2D eigenvalue weighted by Gasteiger charge is -2.26. The summed E-state index contributed by atoms with van der Waals surface area (Å²) < 4.78 is 5.69. The molecule has 2 aliphatic rings. The highest BCUT2D eigenvalue weighted by atomic mass is 16.5. The average Bonchev–Trinajstić information content (AvgIpc) is 2.81. The molecule has 24 heavy (non-hydrogen) atoms. The second kappa shape index (κ2) is 7.05. The highest BCUT2D eigenvalue weighted by Gasteiger charge is 2.30. The Hall–Kier alpha value is -2.34. The van der Waals surface area contributed by atoms with Gasteiger partial charge in [-0.05, 0) is 19.2 Å². The van der Waals surface area contributed by atoms with Crippen molar-refractivity contribution in [3.8, 4) is 5.75 Å². The van der Waals surface area contributed by atoms with Crippen LogP contribution in [0.3, 0.4) is 0 Å². The van der Waals surface area contributed by atoms with Crippen molar-refractivity contribution in [3.63, 3.8) is 0 Å². The summed E-state index contributed by atoms with van der Waals surface area (Å²) in [6.45, 7) is 2.72. The van der Waals surface area contributed by atoms with Gasteiger partial charge in [-0.1, -0.05) is 18.2 Å². The zero-order chi connectivity index (χ0) is 17.1. The summed E-state index contributed by atoms with van der Waals surface area (Å²) in [7, 11) is 3.61. The van der Waals surface area contributed by atoms with Crippen LogP contribution in [-0.4, -0.2) is 68.5 Å². The first-order valence-corrected chi connectivity index (χ1v) is 8.20. The lowest BCUT2D eigenvalue weighted by atomic mass is 10.1. The second-order valence-corrected chi connectivity index (χ2v) is 6.32. The number of rotatable bonds is 2. The van der Waals surface area contributed by atoms with Crippen LogP contribution in [0.15, 0.2) is 29.8 Å². The lowest BCUT2D eigenvalue weighted by Crippen LogP contribution is -2.42. The molecular formula is C18H23N3O3. The highest BCUT2D eigenvalue weighted by molar-refractivity contribution is 5.99. The van der Waals surface area contributed by atoms with E-state index >= 15 is 0 Å². The van der Waals surface area contributed by atoms with E-state index in [0.29, 0.717) is 25.2 Å². The minimum atomic E-state index is -0.219. The topological polar surface area (TPSA) is 61.9 Å². The van der Waals surface area contributed by atoms with Gasteiger partial charge in [0.15, 0.2) is 0 Å². The molecule has 2 aliphatic heterocycles. The van der Waals surface area contributed by atoms with Crippen molar-refractivity contribution >= 4 is 17.9 Å². The van der Waals surface area contributed by atoms with Crippen LogP contribution in [0.1, 0.15) is 5.56 Å². The summed E-state index contributed by atoms with van der Waals surface area (Å²) in [6, 6.07) is 7.67. The van der Waals surface area contributed by atoms with Crippen LogP contribution in [0, 0.1) is 5.92 Å². The first-order valence-electron chi connectivity index (χ1n) is 8.20. The largest absolute Gasteiger partial charge is 0.488 e. The van der Waals surface area contributed by atoms with Crippen LogP contribution in [0.2, 0.25) is 0 Å². The molecule has 1 saturated heterocycles. The van der Waals surface area contributed by atoms with Crippen molar-refractivity contribution in [2.75, 3.05) is 46.9 Å². The Balaban J connectivity index is 1.79. The van der Waals surface area contributed by atoms with Crippen LogP contribution in [0.25, 0.3) is 6.08 Å². The van der Waals surface area contributed by atoms with E-state index in [1.165, 1.54) is 0 Å². The van der Waals surface area contributed by atoms with Gasteiger partial charge in [0.1, 0.15) is 12.4 Å². The Morgan fingerprint density at radius 1 is 1.21 bits per heavy atom. The van der Waals surface area contributed by atoms with E-state index < -0.39 is 0 Å².